The Kier molecular flexibility index (Phi) is 4.08. The Bertz CT molecular complexity index is 128. The fourth-order valence-electron chi connectivity index (χ4n) is 0.342. The molecule has 0 aromatic heterocycles. The van der Waals surface area contributed by atoms with E-state index in [9.17, 15) is 4.57 Å². The molecule has 1 atom stereocenters. The van der Waals surface area contributed by atoms with Crippen molar-refractivity contribution in [2.75, 3.05) is 6.61 Å². The second-order valence-corrected chi connectivity index (χ2v) is 3.20. The molecule has 0 rings (SSSR count). The molecule has 3 N–H and O–H groups in total. The first-order valence-corrected chi connectivity index (χ1v) is 4.33. The van der Waals surface area contributed by atoms with Gasteiger partial charge >= 0.3 is 7.82 Å². The van der Waals surface area contributed by atoms with Crippen molar-refractivity contribution in [3.8, 4) is 0 Å². The van der Waals surface area contributed by atoms with E-state index in [4.69, 9.17) is 14.9 Å². The van der Waals surface area contributed by atoms with Crippen LogP contribution in [0.3, 0.4) is 0 Å². The van der Waals surface area contributed by atoms with Crippen LogP contribution in [-0.4, -0.2) is 27.6 Å². The van der Waals surface area contributed by atoms with Crippen LogP contribution in [0.4, 0.5) is 0 Å². The van der Waals surface area contributed by atoms with Gasteiger partial charge in [0.1, 0.15) is 0 Å². The van der Waals surface area contributed by atoms with Gasteiger partial charge in [0.05, 0.1) is 12.7 Å². The lowest BCUT2D eigenvalue weighted by atomic mass is 10.3. The summed E-state index contributed by atoms with van der Waals surface area (Å²) in [4.78, 5) is 16.3. The predicted octanol–water partition coefficient (Wildman–Crippen LogP) is -0.133. The van der Waals surface area contributed by atoms with Gasteiger partial charge in [0.2, 0.25) is 0 Å². The summed E-state index contributed by atoms with van der Waals surface area (Å²) in [6.45, 7) is 1.39. The molecule has 0 saturated carbocycles. The minimum Gasteiger partial charge on any atom is -0.393 e. The Morgan fingerprint density at radius 2 is 2.10 bits per heavy atom. The van der Waals surface area contributed by atoms with Crippen LogP contribution in [0.1, 0.15) is 13.3 Å². The highest BCUT2D eigenvalue weighted by Gasteiger charge is 2.12. The Balaban J connectivity index is 3.30. The van der Waals surface area contributed by atoms with Gasteiger partial charge in [0, 0.05) is 0 Å². The van der Waals surface area contributed by atoms with Crippen molar-refractivity contribution < 1.29 is 24.0 Å². The van der Waals surface area contributed by atoms with Gasteiger partial charge in [-0.2, -0.15) is 0 Å². The van der Waals surface area contributed by atoms with Gasteiger partial charge in [-0.3, -0.25) is 4.52 Å². The Labute approximate surface area is 58.9 Å². The topological polar surface area (TPSA) is 87.0 Å². The largest absolute Gasteiger partial charge is 0.469 e. The van der Waals surface area contributed by atoms with Gasteiger partial charge in [0.15, 0.2) is 0 Å². The van der Waals surface area contributed by atoms with E-state index in [1.54, 1.807) is 0 Å². The maximum atomic E-state index is 10.0. The van der Waals surface area contributed by atoms with Crippen molar-refractivity contribution in [3.63, 3.8) is 0 Å². The van der Waals surface area contributed by atoms with Gasteiger partial charge in [-0.15, -0.1) is 0 Å². The molecule has 5 nitrogen and oxygen atoms in total. The minimum absolute atomic E-state index is 0.123. The first kappa shape index (κ1) is 10.1. The first-order chi connectivity index (χ1) is 4.42. The quantitative estimate of drug-likeness (QED) is 0.511. The van der Waals surface area contributed by atoms with Gasteiger partial charge in [-0.1, -0.05) is 0 Å². The van der Waals surface area contributed by atoms with Crippen molar-refractivity contribution >= 4 is 7.82 Å². The molecule has 0 spiro atoms. The van der Waals surface area contributed by atoms with Crippen molar-refractivity contribution in [1.29, 1.82) is 0 Å². The van der Waals surface area contributed by atoms with Crippen molar-refractivity contribution in [2.24, 2.45) is 0 Å². The smallest absolute Gasteiger partial charge is 0.393 e. The van der Waals surface area contributed by atoms with Crippen molar-refractivity contribution in [3.05, 3.63) is 0 Å². The monoisotopic (exact) mass is 170 g/mol. The van der Waals surface area contributed by atoms with Crippen LogP contribution >= 0.6 is 7.82 Å². The molecule has 62 valence electrons. The van der Waals surface area contributed by atoms with Crippen LogP contribution in [0.25, 0.3) is 0 Å². The fourth-order valence-corrected chi connectivity index (χ4v) is 0.685. The number of phosphoric acid groups is 1. The van der Waals surface area contributed by atoms with Crippen LogP contribution in [0.2, 0.25) is 0 Å². The van der Waals surface area contributed by atoms with E-state index in [2.05, 4.69) is 4.52 Å². The molecule has 0 aliphatic heterocycles. The highest BCUT2D eigenvalue weighted by Crippen LogP contribution is 2.35. The second kappa shape index (κ2) is 4.05. The molecule has 0 saturated heterocycles. The zero-order valence-electron chi connectivity index (χ0n) is 5.60. The molecular formula is C4H11O5P. The number of rotatable bonds is 4. The van der Waals surface area contributed by atoms with Gasteiger partial charge in [0.25, 0.3) is 0 Å². The normalized spacial score (nSPS) is 15.2. The molecular weight excluding hydrogens is 159 g/mol. The summed E-state index contributed by atoms with van der Waals surface area (Å²) < 4.78 is 14.1. The highest BCUT2D eigenvalue weighted by molar-refractivity contribution is 7.46. The van der Waals surface area contributed by atoms with Crippen LogP contribution in [0.5, 0.6) is 0 Å². The van der Waals surface area contributed by atoms with Crippen molar-refractivity contribution in [2.45, 2.75) is 19.4 Å². The number of hydrogen-bond donors (Lipinski definition) is 3. The molecule has 0 fully saturated rings. The third kappa shape index (κ3) is 8.07. The molecule has 0 radical (unpaired) electrons. The van der Waals surface area contributed by atoms with E-state index in [0.717, 1.165) is 0 Å². The fraction of sp³-hybridized carbons (Fsp3) is 1.00. The lowest BCUT2D eigenvalue weighted by molar-refractivity contribution is 0.135. The van der Waals surface area contributed by atoms with E-state index >= 15 is 0 Å². The molecule has 0 aromatic carbocycles. The molecule has 0 amide bonds. The average Bonchev–Trinajstić information content (AvgIpc) is 1.59. The molecule has 0 bridgehead atoms. The molecule has 0 aromatic rings. The lowest BCUT2D eigenvalue weighted by Gasteiger charge is -2.05. The SMILES string of the molecule is C[C@@H](O)CCOP(=O)(O)O. The van der Waals surface area contributed by atoms with Crippen LogP contribution in [0.15, 0.2) is 0 Å². The Morgan fingerprint density at radius 3 is 2.40 bits per heavy atom. The summed E-state index contributed by atoms with van der Waals surface area (Å²) in [6, 6.07) is 0. The average molecular weight is 170 g/mol. The molecule has 0 heterocycles. The summed E-state index contributed by atoms with van der Waals surface area (Å²) in [5, 5.41) is 8.62. The highest BCUT2D eigenvalue weighted by atomic mass is 31.2. The number of phosphoric ester groups is 1. The Hall–Kier alpha value is 0.0700. The van der Waals surface area contributed by atoms with Crippen molar-refractivity contribution in [1.82, 2.24) is 0 Å². The summed E-state index contributed by atoms with van der Waals surface area (Å²) >= 11 is 0. The second-order valence-electron chi connectivity index (χ2n) is 1.96. The number of hydrogen-bond acceptors (Lipinski definition) is 3. The Morgan fingerprint density at radius 1 is 1.60 bits per heavy atom. The molecule has 0 aliphatic carbocycles. The summed E-state index contributed by atoms with van der Waals surface area (Å²) in [7, 11) is -4.33. The summed E-state index contributed by atoms with van der Waals surface area (Å²) in [5.74, 6) is 0. The lowest BCUT2D eigenvalue weighted by Crippen LogP contribution is -2.04. The predicted molar refractivity (Wildman–Crippen MR) is 34.3 cm³/mol. The van der Waals surface area contributed by atoms with E-state index in [0.29, 0.717) is 0 Å². The van der Waals surface area contributed by atoms with Crippen LogP contribution < -0.4 is 0 Å². The van der Waals surface area contributed by atoms with Gasteiger partial charge in [-0.25, -0.2) is 4.57 Å². The third-order valence-electron chi connectivity index (χ3n) is 0.795. The third-order valence-corrected chi connectivity index (χ3v) is 1.31. The van der Waals surface area contributed by atoms with E-state index in [-0.39, 0.29) is 13.0 Å². The van der Waals surface area contributed by atoms with E-state index < -0.39 is 13.9 Å². The van der Waals surface area contributed by atoms with Gasteiger partial charge < -0.3 is 14.9 Å². The maximum absolute atomic E-state index is 10.0. The standard InChI is InChI=1S/C4H11O5P/c1-4(5)2-3-9-10(6,7)8/h4-5H,2-3H2,1H3,(H2,6,7,8)/t4-/m1/s1. The minimum atomic E-state index is -4.33. The number of aliphatic hydroxyl groups is 1. The van der Waals surface area contributed by atoms with E-state index in [1.807, 2.05) is 0 Å². The zero-order valence-corrected chi connectivity index (χ0v) is 6.49. The first-order valence-electron chi connectivity index (χ1n) is 2.80. The molecule has 10 heavy (non-hydrogen) atoms. The van der Waals surface area contributed by atoms with Gasteiger partial charge in [-0.05, 0) is 13.3 Å². The number of aliphatic hydroxyl groups excluding tert-OH is 1. The molecule has 0 aliphatic rings. The zero-order chi connectivity index (χ0) is 8.20. The van der Waals surface area contributed by atoms with E-state index in [1.165, 1.54) is 6.92 Å². The van der Waals surface area contributed by atoms with Crippen LogP contribution in [-0.2, 0) is 9.09 Å². The summed E-state index contributed by atoms with van der Waals surface area (Å²) in [5.41, 5.74) is 0. The molecule has 0 unspecified atom stereocenters. The summed E-state index contributed by atoms with van der Waals surface area (Å²) in [6.07, 6.45) is -0.364. The molecule has 6 heteroatoms. The maximum Gasteiger partial charge on any atom is 0.469 e. The van der Waals surface area contributed by atoms with Crippen LogP contribution in [0, 0.1) is 0 Å².